The van der Waals surface area contributed by atoms with E-state index in [1.54, 1.807) is 0 Å². The molecule has 0 aliphatic heterocycles. The average molecular weight is 207 g/mol. The summed E-state index contributed by atoms with van der Waals surface area (Å²) in [6.07, 6.45) is 2.79. The monoisotopic (exact) mass is 207 g/mol. The average Bonchev–Trinajstić information content (AvgIpc) is 2.38. The Bertz CT molecular complexity index is 501. The predicted molar refractivity (Wildman–Crippen MR) is 66.0 cm³/mol. The Morgan fingerprint density at radius 2 is 1.69 bits per heavy atom. The molecule has 2 rings (SSSR count). The molecule has 0 aliphatic rings. The van der Waals surface area contributed by atoms with Crippen molar-refractivity contribution in [2.75, 3.05) is 0 Å². The fourth-order valence-electron chi connectivity index (χ4n) is 1.37. The highest BCUT2D eigenvalue weighted by Crippen LogP contribution is 2.00. The quantitative estimate of drug-likeness (QED) is 0.655. The molecule has 0 saturated carbocycles. The first kappa shape index (κ1) is 10.4. The number of benzene rings is 1. The van der Waals surface area contributed by atoms with Crippen molar-refractivity contribution in [3.8, 4) is 11.8 Å². The molecule has 16 heavy (non-hydrogen) atoms. The van der Waals surface area contributed by atoms with Gasteiger partial charge in [-0.1, -0.05) is 37.0 Å². The minimum absolute atomic E-state index is 0.959. The Balaban J connectivity index is 2.18. The molecule has 1 heterocycles. The second-order valence-corrected chi connectivity index (χ2v) is 3.51. The van der Waals surface area contributed by atoms with Crippen molar-refractivity contribution in [1.29, 1.82) is 0 Å². The first-order valence-electron chi connectivity index (χ1n) is 5.40. The number of nitrogens with zero attached hydrogens (tertiary/aromatic N) is 1. The Kier molecular flexibility index (Phi) is 3.35. The van der Waals surface area contributed by atoms with Crippen LogP contribution in [0.1, 0.15) is 23.7 Å². The number of pyridine rings is 1. The molecule has 2 aromatic rings. The van der Waals surface area contributed by atoms with Crippen molar-refractivity contribution >= 4 is 0 Å². The molecule has 1 heteroatoms. The van der Waals surface area contributed by atoms with Gasteiger partial charge in [0, 0.05) is 23.0 Å². The van der Waals surface area contributed by atoms with E-state index < -0.39 is 0 Å². The fourth-order valence-corrected chi connectivity index (χ4v) is 1.37. The van der Waals surface area contributed by atoms with E-state index in [1.165, 1.54) is 0 Å². The van der Waals surface area contributed by atoms with Crippen molar-refractivity contribution in [2.45, 2.75) is 13.3 Å². The van der Waals surface area contributed by atoms with Crippen LogP contribution in [0, 0.1) is 11.8 Å². The van der Waals surface area contributed by atoms with Crippen LogP contribution in [0.4, 0.5) is 0 Å². The van der Waals surface area contributed by atoms with Gasteiger partial charge in [0.15, 0.2) is 0 Å². The second-order valence-electron chi connectivity index (χ2n) is 3.51. The standard InChI is InChI=1S/C15H13N/c1-2-15-11-10-14(12-16-15)9-8-13-6-4-3-5-7-13/h3-7,10-12H,2H2,1H3. The third-order valence-corrected chi connectivity index (χ3v) is 2.31. The molecule has 0 amide bonds. The number of aryl methyl sites for hydroxylation is 1. The Morgan fingerprint density at radius 3 is 2.31 bits per heavy atom. The summed E-state index contributed by atoms with van der Waals surface area (Å²) in [7, 11) is 0. The van der Waals surface area contributed by atoms with Gasteiger partial charge in [-0.25, -0.2) is 0 Å². The van der Waals surface area contributed by atoms with Crippen molar-refractivity contribution in [2.24, 2.45) is 0 Å². The van der Waals surface area contributed by atoms with Gasteiger partial charge < -0.3 is 0 Å². The highest BCUT2D eigenvalue weighted by Gasteiger charge is 1.90. The molecular weight excluding hydrogens is 194 g/mol. The van der Waals surface area contributed by atoms with E-state index in [0.717, 1.165) is 23.2 Å². The van der Waals surface area contributed by atoms with E-state index in [1.807, 2.05) is 48.7 Å². The van der Waals surface area contributed by atoms with Crippen LogP contribution in [-0.2, 0) is 6.42 Å². The van der Waals surface area contributed by atoms with Gasteiger partial charge in [-0.15, -0.1) is 0 Å². The molecule has 0 spiro atoms. The summed E-state index contributed by atoms with van der Waals surface area (Å²) in [5.74, 6) is 6.21. The SMILES string of the molecule is CCc1ccc(C#Cc2ccccc2)cn1. The fraction of sp³-hybridized carbons (Fsp3) is 0.133. The molecule has 1 aromatic heterocycles. The molecular formula is C15H13N. The zero-order valence-corrected chi connectivity index (χ0v) is 9.27. The van der Waals surface area contributed by atoms with Gasteiger partial charge in [0.1, 0.15) is 0 Å². The van der Waals surface area contributed by atoms with E-state index in [0.29, 0.717) is 0 Å². The summed E-state index contributed by atoms with van der Waals surface area (Å²) in [4.78, 5) is 4.31. The molecule has 0 aliphatic carbocycles. The van der Waals surface area contributed by atoms with E-state index in [4.69, 9.17) is 0 Å². The van der Waals surface area contributed by atoms with Gasteiger partial charge in [0.05, 0.1) is 0 Å². The van der Waals surface area contributed by atoms with Crippen LogP contribution >= 0.6 is 0 Å². The van der Waals surface area contributed by atoms with E-state index >= 15 is 0 Å². The van der Waals surface area contributed by atoms with Gasteiger partial charge in [0.25, 0.3) is 0 Å². The zero-order chi connectivity index (χ0) is 11.2. The van der Waals surface area contributed by atoms with Crippen molar-refractivity contribution in [1.82, 2.24) is 4.98 Å². The summed E-state index contributed by atoms with van der Waals surface area (Å²) < 4.78 is 0. The van der Waals surface area contributed by atoms with Gasteiger partial charge in [-0.05, 0) is 30.7 Å². The lowest BCUT2D eigenvalue weighted by molar-refractivity contribution is 1.03. The largest absolute Gasteiger partial charge is 0.260 e. The summed E-state index contributed by atoms with van der Waals surface area (Å²) in [5, 5.41) is 0. The summed E-state index contributed by atoms with van der Waals surface area (Å²) >= 11 is 0. The van der Waals surface area contributed by atoms with Gasteiger partial charge in [-0.2, -0.15) is 0 Å². The first-order chi connectivity index (χ1) is 7.88. The van der Waals surface area contributed by atoms with Crippen LogP contribution in [0.3, 0.4) is 0 Å². The third-order valence-electron chi connectivity index (χ3n) is 2.31. The third kappa shape index (κ3) is 2.71. The molecule has 0 saturated heterocycles. The number of aromatic nitrogens is 1. The summed E-state index contributed by atoms with van der Waals surface area (Å²) in [5.41, 5.74) is 3.09. The highest BCUT2D eigenvalue weighted by atomic mass is 14.7. The first-order valence-corrected chi connectivity index (χ1v) is 5.40. The lowest BCUT2D eigenvalue weighted by atomic mass is 10.2. The molecule has 0 bridgehead atoms. The van der Waals surface area contributed by atoms with E-state index in [-0.39, 0.29) is 0 Å². The number of hydrogen-bond acceptors (Lipinski definition) is 1. The summed E-state index contributed by atoms with van der Waals surface area (Å²) in [6, 6.07) is 14.0. The van der Waals surface area contributed by atoms with Crippen LogP contribution in [0.2, 0.25) is 0 Å². The Labute approximate surface area is 96.2 Å². The predicted octanol–water partition coefficient (Wildman–Crippen LogP) is 3.04. The maximum atomic E-state index is 4.31. The topological polar surface area (TPSA) is 12.9 Å². The number of rotatable bonds is 1. The van der Waals surface area contributed by atoms with E-state index in [2.05, 4.69) is 23.7 Å². The molecule has 0 unspecified atom stereocenters. The van der Waals surface area contributed by atoms with Crippen molar-refractivity contribution in [3.05, 3.63) is 65.5 Å². The van der Waals surface area contributed by atoms with Crippen LogP contribution < -0.4 is 0 Å². The Morgan fingerprint density at radius 1 is 0.938 bits per heavy atom. The van der Waals surface area contributed by atoms with Gasteiger partial charge >= 0.3 is 0 Å². The van der Waals surface area contributed by atoms with Gasteiger partial charge in [0.2, 0.25) is 0 Å². The molecule has 0 fully saturated rings. The van der Waals surface area contributed by atoms with Crippen LogP contribution in [0.5, 0.6) is 0 Å². The lowest BCUT2D eigenvalue weighted by Crippen LogP contribution is -1.86. The molecule has 0 N–H and O–H groups in total. The zero-order valence-electron chi connectivity index (χ0n) is 9.27. The lowest BCUT2D eigenvalue weighted by Gasteiger charge is -1.94. The molecule has 1 nitrogen and oxygen atoms in total. The molecule has 78 valence electrons. The van der Waals surface area contributed by atoms with Crippen LogP contribution in [0.25, 0.3) is 0 Å². The summed E-state index contributed by atoms with van der Waals surface area (Å²) in [6.45, 7) is 2.09. The maximum Gasteiger partial charge on any atom is 0.0432 e. The smallest absolute Gasteiger partial charge is 0.0432 e. The molecule has 0 radical (unpaired) electrons. The highest BCUT2D eigenvalue weighted by molar-refractivity contribution is 5.41. The van der Waals surface area contributed by atoms with E-state index in [9.17, 15) is 0 Å². The van der Waals surface area contributed by atoms with Crippen LogP contribution in [-0.4, -0.2) is 4.98 Å². The van der Waals surface area contributed by atoms with Crippen LogP contribution in [0.15, 0.2) is 48.7 Å². The minimum atomic E-state index is 0.959. The number of hydrogen-bond donors (Lipinski definition) is 0. The minimum Gasteiger partial charge on any atom is -0.260 e. The maximum absolute atomic E-state index is 4.31. The van der Waals surface area contributed by atoms with Crippen molar-refractivity contribution in [3.63, 3.8) is 0 Å². The molecule has 0 atom stereocenters. The Hall–Kier alpha value is -2.07. The second kappa shape index (κ2) is 5.14. The van der Waals surface area contributed by atoms with Crippen molar-refractivity contribution < 1.29 is 0 Å². The van der Waals surface area contributed by atoms with Gasteiger partial charge in [-0.3, -0.25) is 4.98 Å². The molecule has 1 aromatic carbocycles. The normalized spacial score (nSPS) is 9.31.